The highest BCUT2D eigenvalue weighted by Crippen LogP contribution is 2.47. The van der Waals surface area contributed by atoms with Crippen LogP contribution in [-0.4, -0.2) is 26.7 Å². The second-order valence-corrected chi connectivity index (χ2v) is 6.71. The Hall–Kier alpha value is -1.45. The Morgan fingerprint density at radius 1 is 0.950 bits per heavy atom. The lowest BCUT2D eigenvalue weighted by atomic mass is 10.2. The number of likely N-dealkylation sites (N-methyl/N-ethyl adjacent to an activating group) is 1. The number of quaternary nitrogens is 1. The van der Waals surface area contributed by atoms with Crippen molar-refractivity contribution in [2.75, 3.05) is 25.5 Å². The predicted molar refractivity (Wildman–Crippen MR) is 86.3 cm³/mol. The number of hydrogen-bond donors (Lipinski definition) is 1. The molecule has 2 nitrogen and oxygen atoms in total. The van der Waals surface area contributed by atoms with Gasteiger partial charge in [-0.05, 0) is 31.2 Å². The molecule has 3 heteroatoms. The molecule has 3 rings (SSSR count). The lowest BCUT2D eigenvalue weighted by Crippen LogP contribution is -3.10. The summed E-state index contributed by atoms with van der Waals surface area (Å²) in [4.78, 5) is 6.66. The molecule has 0 aromatic heterocycles. The van der Waals surface area contributed by atoms with Gasteiger partial charge in [0.05, 0.1) is 32.0 Å². The Kier molecular flexibility index (Phi) is 3.72. The Labute approximate surface area is 125 Å². The third kappa shape index (κ3) is 2.43. The molecule has 20 heavy (non-hydrogen) atoms. The zero-order chi connectivity index (χ0) is 14.1. The molecule has 1 aliphatic heterocycles. The van der Waals surface area contributed by atoms with Gasteiger partial charge in [-0.2, -0.15) is 0 Å². The van der Waals surface area contributed by atoms with E-state index in [0.717, 1.165) is 6.54 Å². The zero-order valence-corrected chi connectivity index (χ0v) is 13.1. The second kappa shape index (κ2) is 5.51. The van der Waals surface area contributed by atoms with Gasteiger partial charge in [-0.15, -0.1) is 0 Å². The number of para-hydroxylation sites is 2. The molecule has 1 heterocycles. The van der Waals surface area contributed by atoms with Gasteiger partial charge in [0.25, 0.3) is 0 Å². The van der Waals surface area contributed by atoms with Crippen LogP contribution in [0.15, 0.2) is 58.3 Å². The van der Waals surface area contributed by atoms with Gasteiger partial charge in [-0.1, -0.05) is 36.0 Å². The molecule has 104 valence electrons. The average Bonchev–Trinajstić information content (AvgIpc) is 2.46. The maximum absolute atomic E-state index is 2.47. The van der Waals surface area contributed by atoms with Crippen LogP contribution in [-0.2, 0) is 0 Å². The van der Waals surface area contributed by atoms with Crippen molar-refractivity contribution in [3.05, 3.63) is 48.5 Å². The lowest BCUT2D eigenvalue weighted by Gasteiger charge is -2.34. The zero-order valence-electron chi connectivity index (χ0n) is 12.3. The Morgan fingerprint density at radius 3 is 1.95 bits per heavy atom. The number of nitrogens with one attached hydrogen (secondary N) is 1. The van der Waals surface area contributed by atoms with E-state index in [2.05, 4.69) is 74.4 Å². The number of rotatable bonds is 3. The van der Waals surface area contributed by atoms with Crippen LogP contribution in [0.25, 0.3) is 0 Å². The van der Waals surface area contributed by atoms with Crippen LogP contribution in [0.4, 0.5) is 11.4 Å². The summed E-state index contributed by atoms with van der Waals surface area (Å²) in [6.45, 7) is 3.35. The standard InChI is InChI=1S/C17H20N2S/c1-13(18(2)3)12-19-14-8-4-6-10-16(14)20-17-11-7-5-9-15(17)19/h4-11,13H,12H2,1-3H3/p+1/t13-/m0/s1. The molecule has 2 aromatic rings. The van der Waals surface area contributed by atoms with Crippen LogP contribution in [0.3, 0.4) is 0 Å². The molecule has 0 bridgehead atoms. The topological polar surface area (TPSA) is 7.68 Å². The first-order valence-electron chi connectivity index (χ1n) is 7.10. The van der Waals surface area contributed by atoms with Gasteiger partial charge in [-0.25, -0.2) is 0 Å². The van der Waals surface area contributed by atoms with Crippen LogP contribution in [0, 0.1) is 0 Å². The molecule has 0 amide bonds. The van der Waals surface area contributed by atoms with Crippen molar-refractivity contribution in [1.29, 1.82) is 0 Å². The van der Waals surface area contributed by atoms with Crippen molar-refractivity contribution in [3.63, 3.8) is 0 Å². The minimum absolute atomic E-state index is 0.583. The van der Waals surface area contributed by atoms with Crippen molar-refractivity contribution in [3.8, 4) is 0 Å². The van der Waals surface area contributed by atoms with Crippen LogP contribution in [0.1, 0.15) is 6.92 Å². The van der Waals surface area contributed by atoms with Crippen molar-refractivity contribution < 1.29 is 4.90 Å². The van der Waals surface area contributed by atoms with Gasteiger partial charge in [-0.3, -0.25) is 0 Å². The van der Waals surface area contributed by atoms with Gasteiger partial charge in [0, 0.05) is 9.79 Å². The summed E-state index contributed by atoms with van der Waals surface area (Å²) in [6, 6.07) is 18.0. The average molecular weight is 285 g/mol. The third-order valence-corrected chi connectivity index (χ3v) is 5.10. The van der Waals surface area contributed by atoms with Gasteiger partial charge in [0.2, 0.25) is 0 Å². The highest BCUT2D eigenvalue weighted by Gasteiger charge is 2.25. The number of hydrogen-bond acceptors (Lipinski definition) is 2. The van der Waals surface area contributed by atoms with Crippen molar-refractivity contribution >= 4 is 23.1 Å². The molecule has 0 fully saturated rings. The van der Waals surface area contributed by atoms with Gasteiger partial charge in [0.1, 0.15) is 6.04 Å². The highest BCUT2D eigenvalue weighted by molar-refractivity contribution is 7.99. The molecule has 0 spiro atoms. The van der Waals surface area contributed by atoms with E-state index >= 15 is 0 Å². The summed E-state index contributed by atoms with van der Waals surface area (Å²) in [6.07, 6.45) is 0. The van der Waals surface area contributed by atoms with E-state index in [1.807, 2.05) is 11.8 Å². The van der Waals surface area contributed by atoms with Gasteiger partial charge < -0.3 is 9.80 Å². The lowest BCUT2D eigenvalue weighted by molar-refractivity contribution is -0.881. The molecular weight excluding hydrogens is 264 g/mol. The van der Waals surface area contributed by atoms with Crippen LogP contribution in [0.5, 0.6) is 0 Å². The molecular formula is C17H21N2S+. The highest BCUT2D eigenvalue weighted by atomic mass is 32.2. The van der Waals surface area contributed by atoms with E-state index in [1.54, 1.807) is 0 Å². The first kappa shape index (κ1) is 13.5. The van der Waals surface area contributed by atoms with Crippen LogP contribution >= 0.6 is 11.8 Å². The van der Waals surface area contributed by atoms with Crippen LogP contribution in [0.2, 0.25) is 0 Å². The van der Waals surface area contributed by atoms with Gasteiger partial charge >= 0.3 is 0 Å². The minimum atomic E-state index is 0.583. The molecule has 1 N–H and O–H groups in total. The van der Waals surface area contributed by atoms with E-state index in [1.165, 1.54) is 26.1 Å². The van der Waals surface area contributed by atoms with Crippen LogP contribution < -0.4 is 9.80 Å². The molecule has 2 aromatic carbocycles. The number of fused-ring (bicyclic) bond motifs is 2. The molecule has 1 atom stereocenters. The normalized spacial score (nSPS) is 14.9. The number of anilines is 2. The molecule has 0 saturated heterocycles. The molecule has 0 radical (unpaired) electrons. The van der Waals surface area contributed by atoms with E-state index < -0.39 is 0 Å². The van der Waals surface area contributed by atoms with E-state index in [-0.39, 0.29) is 0 Å². The SMILES string of the molecule is C[C@@H](CN1c2ccccc2Sc2ccccc21)[NH+](C)C. The van der Waals surface area contributed by atoms with E-state index in [9.17, 15) is 0 Å². The van der Waals surface area contributed by atoms with Crippen molar-refractivity contribution in [2.24, 2.45) is 0 Å². The minimum Gasteiger partial charge on any atom is -0.336 e. The maximum atomic E-state index is 2.47. The molecule has 0 saturated carbocycles. The molecule has 0 aliphatic carbocycles. The summed E-state index contributed by atoms with van der Waals surface area (Å²) >= 11 is 1.87. The van der Waals surface area contributed by atoms with Gasteiger partial charge in [0.15, 0.2) is 0 Å². The fourth-order valence-corrected chi connectivity index (χ4v) is 3.53. The summed E-state index contributed by atoms with van der Waals surface area (Å²) in [5.41, 5.74) is 2.67. The van der Waals surface area contributed by atoms with E-state index in [4.69, 9.17) is 0 Å². The monoisotopic (exact) mass is 285 g/mol. The first-order chi connectivity index (χ1) is 9.66. The fourth-order valence-electron chi connectivity index (χ4n) is 2.43. The quantitative estimate of drug-likeness (QED) is 0.927. The second-order valence-electron chi connectivity index (χ2n) is 5.63. The largest absolute Gasteiger partial charge is 0.336 e. The van der Waals surface area contributed by atoms with Crippen molar-refractivity contribution in [2.45, 2.75) is 22.8 Å². The fraction of sp³-hybridized carbons (Fsp3) is 0.294. The maximum Gasteiger partial charge on any atom is 0.102 e. The van der Waals surface area contributed by atoms with E-state index in [0.29, 0.717) is 6.04 Å². The number of nitrogens with zero attached hydrogens (tertiary/aromatic N) is 1. The summed E-state index contributed by atoms with van der Waals surface area (Å²) in [7, 11) is 4.45. The summed E-state index contributed by atoms with van der Waals surface area (Å²) in [5, 5.41) is 0. The molecule has 0 unspecified atom stereocenters. The number of benzene rings is 2. The van der Waals surface area contributed by atoms with Crippen molar-refractivity contribution in [1.82, 2.24) is 0 Å². The Morgan fingerprint density at radius 2 is 1.45 bits per heavy atom. The summed E-state index contributed by atoms with van der Waals surface area (Å²) < 4.78 is 0. The molecule has 1 aliphatic rings. The first-order valence-corrected chi connectivity index (χ1v) is 7.92. The summed E-state index contributed by atoms with van der Waals surface area (Å²) in [5.74, 6) is 0. The Bertz CT molecular complexity index is 564. The smallest absolute Gasteiger partial charge is 0.102 e. The predicted octanol–water partition coefficient (Wildman–Crippen LogP) is 2.82. The third-order valence-electron chi connectivity index (χ3n) is 3.97. The Balaban J connectivity index is 2.03.